The highest BCUT2D eigenvalue weighted by Crippen LogP contribution is 2.08. The standard InChI is InChI=1S/C9H17N3/c1-11-6-3-7-12(2)9(8-11)4-5-10/h9H,3-4,6-8H2,1-2H3. The Morgan fingerprint density at radius 1 is 1.42 bits per heavy atom. The van der Waals surface area contributed by atoms with Gasteiger partial charge in [-0.15, -0.1) is 0 Å². The van der Waals surface area contributed by atoms with E-state index < -0.39 is 0 Å². The lowest BCUT2D eigenvalue weighted by Gasteiger charge is -2.24. The monoisotopic (exact) mass is 167 g/mol. The maximum Gasteiger partial charge on any atom is 0.0638 e. The normalized spacial score (nSPS) is 27.9. The summed E-state index contributed by atoms with van der Waals surface area (Å²) in [4.78, 5) is 4.61. The number of hydrogen-bond acceptors (Lipinski definition) is 3. The predicted octanol–water partition coefficient (Wildman–Crippen LogP) is 0.536. The van der Waals surface area contributed by atoms with E-state index in [1.54, 1.807) is 0 Å². The van der Waals surface area contributed by atoms with Gasteiger partial charge < -0.3 is 9.80 Å². The average molecular weight is 167 g/mol. The highest BCUT2D eigenvalue weighted by atomic mass is 15.2. The molecule has 0 aromatic rings. The van der Waals surface area contributed by atoms with Crippen LogP contribution in [-0.2, 0) is 0 Å². The van der Waals surface area contributed by atoms with Crippen molar-refractivity contribution < 1.29 is 0 Å². The Morgan fingerprint density at radius 2 is 2.17 bits per heavy atom. The Balaban J connectivity index is 2.49. The molecule has 0 amide bonds. The van der Waals surface area contributed by atoms with E-state index >= 15 is 0 Å². The highest BCUT2D eigenvalue weighted by molar-refractivity contribution is 4.85. The van der Waals surface area contributed by atoms with Crippen LogP contribution in [-0.4, -0.2) is 49.6 Å². The first-order valence-corrected chi connectivity index (χ1v) is 4.49. The van der Waals surface area contributed by atoms with Gasteiger partial charge in [0.1, 0.15) is 0 Å². The fraction of sp³-hybridized carbons (Fsp3) is 0.889. The molecule has 3 heteroatoms. The molecule has 0 aromatic carbocycles. The van der Waals surface area contributed by atoms with Gasteiger partial charge in [-0.1, -0.05) is 0 Å². The summed E-state index contributed by atoms with van der Waals surface area (Å²) in [7, 11) is 4.24. The number of hydrogen-bond donors (Lipinski definition) is 0. The van der Waals surface area contributed by atoms with Gasteiger partial charge in [0, 0.05) is 12.6 Å². The van der Waals surface area contributed by atoms with E-state index in [-0.39, 0.29) is 0 Å². The van der Waals surface area contributed by atoms with Crippen LogP contribution in [0.3, 0.4) is 0 Å². The van der Waals surface area contributed by atoms with Crippen LogP contribution in [0.1, 0.15) is 12.8 Å². The van der Waals surface area contributed by atoms with Crippen LogP contribution in [0, 0.1) is 11.3 Å². The largest absolute Gasteiger partial charge is 0.305 e. The zero-order valence-corrected chi connectivity index (χ0v) is 7.95. The van der Waals surface area contributed by atoms with E-state index in [0.717, 1.165) is 19.6 Å². The summed E-state index contributed by atoms with van der Waals surface area (Å²) in [5, 5.41) is 8.62. The molecule has 1 unspecified atom stereocenters. The van der Waals surface area contributed by atoms with Gasteiger partial charge in [-0.25, -0.2) is 0 Å². The molecule has 0 saturated carbocycles. The van der Waals surface area contributed by atoms with Gasteiger partial charge in [0.25, 0.3) is 0 Å². The van der Waals surface area contributed by atoms with Crippen LogP contribution >= 0.6 is 0 Å². The topological polar surface area (TPSA) is 30.3 Å². The lowest BCUT2D eigenvalue weighted by molar-refractivity contribution is 0.229. The van der Waals surface area contributed by atoms with Crippen molar-refractivity contribution in [3.8, 4) is 6.07 Å². The molecule has 1 rings (SSSR count). The van der Waals surface area contributed by atoms with Crippen LogP contribution in [0.2, 0.25) is 0 Å². The van der Waals surface area contributed by atoms with Gasteiger partial charge in [0.05, 0.1) is 12.5 Å². The Morgan fingerprint density at radius 3 is 2.83 bits per heavy atom. The molecule has 3 nitrogen and oxygen atoms in total. The lowest BCUT2D eigenvalue weighted by Crippen LogP contribution is -2.37. The van der Waals surface area contributed by atoms with E-state index in [1.807, 2.05) is 0 Å². The van der Waals surface area contributed by atoms with E-state index in [1.165, 1.54) is 6.42 Å². The number of nitrogens with zero attached hydrogens (tertiary/aromatic N) is 3. The van der Waals surface area contributed by atoms with Crippen molar-refractivity contribution in [2.75, 3.05) is 33.7 Å². The molecule has 0 spiro atoms. The van der Waals surface area contributed by atoms with Gasteiger partial charge in [-0.2, -0.15) is 5.26 Å². The molecule has 0 radical (unpaired) electrons. The third kappa shape index (κ3) is 2.47. The van der Waals surface area contributed by atoms with Gasteiger partial charge in [-0.05, 0) is 33.6 Å². The number of rotatable bonds is 1. The Labute approximate surface area is 74.6 Å². The second-order valence-electron chi connectivity index (χ2n) is 3.61. The third-order valence-electron chi connectivity index (χ3n) is 2.52. The van der Waals surface area contributed by atoms with Crippen LogP contribution in [0.15, 0.2) is 0 Å². The lowest BCUT2D eigenvalue weighted by atomic mass is 10.2. The summed E-state index contributed by atoms with van der Waals surface area (Å²) >= 11 is 0. The van der Waals surface area contributed by atoms with Crippen molar-refractivity contribution in [1.29, 1.82) is 5.26 Å². The summed E-state index contributed by atoms with van der Waals surface area (Å²) in [5.74, 6) is 0. The average Bonchev–Trinajstić information content (AvgIpc) is 2.16. The Kier molecular flexibility index (Phi) is 3.51. The van der Waals surface area contributed by atoms with Crippen molar-refractivity contribution in [2.24, 2.45) is 0 Å². The molecular formula is C9H17N3. The maximum absolute atomic E-state index is 8.62. The van der Waals surface area contributed by atoms with Crippen LogP contribution < -0.4 is 0 Å². The molecule has 1 fully saturated rings. The first-order chi connectivity index (χ1) is 5.74. The minimum Gasteiger partial charge on any atom is -0.305 e. The molecular weight excluding hydrogens is 150 g/mol. The predicted molar refractivity (Wildman–Crippen MR) is 48.8 cm³/mol. The zero-order valence-electron chi connectivity index (χ0n) is 7.95. The summed E-state index contributed by atoms with van der Waals surface area (Å²) in [6.45, 7) is 3.31. The number of likely N-dealkylation sites (N-methyl/N-ethyl adjacent to an activating group) is 2. The van der Waals surface area contributed by atoms with Crippen LogP contribution in [0.4, 0.5) is 0 Å². The fourth-order valence-corrected chi connectivity index (χ4v) is 1.69. The summed E-state index contributed by atoms with van der Waals surface area (Å²) in [6.07, 6.45) is 1.87. The molecule has 1 aliphatic heterocycles. The van der Waals surface area contributed by atoms with Gasteiger partial charge >= 0.3 is 0 Å². The molecule has 0 N–H and O–H groups in total. The maximum atomic E-state index is 8.62. The van der Waals surface area contributed by atoms with E-state index in [2.05, 4.69) is 30.0 Å². The molecule has 0 bridgehead atoms. The third-order valence-corrected chi connectivity index (χ3v) is 2.52. The van der Waals surface area contributed by atoms with Crippen molar-refractivity contribution >= 4 is 0 Å². The minimum absolute atomic E-state index is 0.433. The summed E-state index contributed by atoms with van der Waals surface area (Å²) < 4.78 is 0. The first kappa shape index (κ1) is 9.50. The Bertz CT molecular complexity index is 173. The van der Waals surface area contributed by atoms with E-state index in [4.69, 9.17) is 5.26 Å². The Hall–Kier alpha value is -0.590. The summed E-state index contributed by atoms with van der Waals surface area (Å²) in [5.41, 5.74) is 0. The zero-order chi connectivity index (χ0) is 8.97. The van der Waals surface area contributed by atoms with Gasteiger partial charge in [0.15, 0.2) is 0 Å². The second-order valence-corrected chi connectivity index (χ2v) is 3.61. The molecule has 1 atom stereocenters. The van der Waals surface area contributed by atoms with Crippen LogP contribution in [0.25, 0.3) is 0 Å². The SMILES string of the molecule is CN1CCCN(C)C(CC#N)C1. The summed E-state index contributed by atoms with van der Waals surface area (Å²) in [6, 6.07) is 2.68. The fourth-order valence-electron chi connectivity index (χ4n) is 1.69. The number of nitriles is 1. The molecule has 1 aliphatic rings. The second kappa shape index (κ2) is 4.44. The van der Waals surface area contributed by atoms with Crippen LogP contribution in [0.5, 0.6) is 0 Å². The first-order valence-electron chi connectivity index (χ1n) is 4.49. The van der Waals surface area contributed by atoms with Crippen molar-refractivity contribution in [2.45, 2.75) is 18.9 Å². The van der Waals surface area contributed by atoms with Gasteiger partial charge in [0.2, 0.25) is 0 Å². The smallest absolute Gasteiger partial charge is 0.0638 e. The van der Waals surface area contributed by atoms with E-state index in [0.29, 0.717) is 12.5 Å². The highest BCUT2D eigenvalue weighted by Gasteiger charge is 2.19. The van der Waals surface area contributed by atoms with Gasteiger partial charge in [-0.3, -0.25) is 0 Å². The molecule has 12 heavy (non-hydrogen) atoms. The molecule has 1 heterocycles. The van der Waals surface area contributed by atoms with Crippen molar-refractivity contribution in [3.63, 3.8) is 0 Å². The minimum atomic E-state index is 0.433. The molecule has 1 saturated heterocycles. The molecule has 0 aliphatic carbocycles. The van der Waals surface area contributed by atoms with E-state index in [9.17, 15) is 0 Å². The van der Waals surface area contributed by atoms with Crippen molar-refractivity contribution in [1.82, 2.24) is 9.80 Å². The van der Waals surface area contributed by atoms with Crippen molar-refractivity contribution in [3.05, 3.63) is 0 Å². The molecule has 0 aromatic heterocycles. The molecule has 68 valence electrons. The quantitative estimate of drug-likeness (QED) is 0.571.